The Morgan fingerprint density at radius 3 is 2.28 bits per heavy atom. The molecule has 0 spiro atoms. The standard InChI is InChI=1S/C23H31N3O3/c1-17(2)25-11-13-26(14-12-25)20-7-5-18(6-8-20)23(27)24-16-19-15-21(28-3)9-10-22(19)29-4/h5-10,15,17H,11-14,16H2,1-4H3,(H,24,27). The second kappa shape index (κ2) is 9.65. The lowest BCUT2D eigenvalue weighted by Crippen LogP contribution is -2.48. The number of piperazine rings is 1. The molecule has 2 aromatic carbocycles. The summed E-state index contributed by atoms with van der Waals surface area (Å²) in [7, 11) is 3.24. The third kappa shape index (κ3) is 5.21. The first-order valence-corrected chi connectivity index (χ1v) is 10.1. The molecule has 1 heterocycles. The van der Waals surface area contributed by atoms with Gasteiger partial charge in [0.2, 0.25) is 0 Å². The van der Waals surface area contributed by atoms with Crippen LogP contribution in [0.3, 0.4) is 0 Å². The van der Waals surface area contributed by atoms with Crippen LogP contribution in [-0.2, 0) is 6.54 Å². The fourth-order valence-electron chi connectivity index (χ4n) is 3.62. The van der Waals surface area contributed by atoms with Crippen molar-refractivity contribution in [3.8, 4) is 11.5 Å². The number of benzene rings is 2. The van der Waals surface area contributed by atoms with E-state index >= 15 is 0 Å². The number of hydrogen-bond acceptors (Lipinski definition) is 5. The highest BCUT2D eigenvalue weighted by Gasteiger charge is 2.19. The molecule has 0 atom stereocenters. The summed E-state index contributed by atoms with van der Waals surface area (Å²) in [5.41, 5.74) is 2.69. The molecule has 29 heavy (non-hydrogen) atoms. The van der Waals surface area contributed by atoms with Gasteiger partial charge in [0, 0.05) is 55.6 Å². The van der Waals surface area contributed by atoms with E-state index in [9.17, 15) is 4.79 Å². The predicted octanol–water partition coefficient (Wildman–Crippen LogP) is 3.16. The second-order valence-electron chi connectivity index (χ2n) is 7.52. The van der Waals surface area contributed by atoms with Crippen molar-refractivity contribution >= 4 is 11.6 Å². The molecule has 0 aliphatic carbocycles. The molecule has 1 aliphatic rings. The van der Waals surface area contributed by atoms with Crippen LogP contribution in [0.4, 0.5) is 5.69 Å². The Balaban J connectivity index is 1.58. The number of anilines is 1. The largest absolute Gasteiger partial charge is 0.497 e. The third-order valence-electron chi connectivity index (χ3n) is 5.47. The van der Waals surface area contributed by atoms with E-state index in [1.807, 2.05) is 42.5 Å². The van der Waals surface area contributed by atoms with Crippen LogP contribution in [0.25, 0.3) is 0 Å². The highest BCUT2D eigenvalue weighted by Crippen LogP contribution is 2.24. The smallest absolute Gasteiger partial charge is 0.251 e. The molecule has 0 aromatic heterocycles. The Bertz CT molecular complexity index is 813. The molecule has 1 fully saturated rings. The number of rotatable bonds is 7. The SMILES string of the molecule is COc1ccc(OC)c(CNC(=O)c2ccc(N3CCN(C(C)C)CC3)cc2)c1. The molecular formula is C23H31N3O3. The van der Waals surface area contributed by atoms with E-state index in [1.165, 1.54) is 5.69 Å². The van der Waals surface area contributed by atoms with Crippen molar-refractivity contribution in [1.82, 2.24) is 10.2 Å². The molecular weight excluding hydrogens is 366 g/mol. The fourth-order valence-corrected chi connectivity index (χ4v) is 3.62. The summed E-state index contributed by atoms with van der Waals surface area (Å²) in [5.74, 6) is 1.35. The fraction of sp³-hybridized carbons (Fsp3) is 0.435. The summed E-state index contributed by atoms with van der Waals surface area (Å²) < 4.78 is 10.6. The molecule has 0 saturated carbocycles. The van der Waals surface area contributed by atoms with Crippen molar-refractivity contribution in [2.75, 3.05) is 45.3 Å². The van der Waals surface area contributed by atoms with Gasteiger partial charge in [0.05, 0.1) is 14.2 Å². The van der Waals surface area contributed by atoms with Gasteiger partial charge < -0.3 is 19.7 Å². The zero-order valence-electron chi connectivity index (χ0n) is 17.8. The van der Waals surface area contributed by atoms with E-state index in [0.29, 0.717) is 18.2 Å². The monoisotopic (exact) mass is 397 g/mol. The van der Waals surface area contributed by atoms with Crippen molar-refractivity contribution in [3.63, 3.8) is 0 Å². The average Bonchev–Trinajstić information content (AvgIpc) is 2.77. The van der Waals surface area contributed by atoms with Crippen molar-refractivity contribution < 1.29 is 14.3 Å². The molecule has 1 aliphatic heterocycles. The highest BCUT2D eigenvalue weighted by molar-refractivity contribution is 5.94. The van der Waals surface area contributed by atoms with E-state index in [0.717, 1.165) is 43.2 Å². The van der Waals surface area contributed by atoms with Crippen LogP contribution in [0.1, 0.15) is 29.8 Å². The van der Waals surface area contributed by atoms with Gasteiger partial charge in [-0.05, 0) is 56.3 Å². The number of nitrogens with zero attached hydrogens (tertiary/aromatic N) is 2. The predicted molar refractivity (Wildman–Crippen MR) is 116 cm³/mol. The molecule has 1 N–H and O–H groups in total. The van der Waals surface area contributed by atoms with Crippen molar-refractivity contribution in [2.45, 2.75) is 26.4 Å². The van der Waals surface area contributed by atoms with Crippen LogP contribution in [-0.4, -0.2) is 57.2 Å². The quantitative estimate of drug-likeness (QED) is 0.778. The van der Waals surface area contributed by atoms with Crippen LogP contribution < -0.4 is 19.7 Å². The lowest BCUT2D eigenvalue weighted by molar-refractivity contribution is 0.0950. The Morgan fingerprint density at radius 2 is 1.69 bits per heavy atom. The minimum atomic E-state index is -0.106. The Hall–Kier alpha value is -2.73. The lowest BCUT2D eigenvalue weighted by Gasteiger charge is -2.38. The molecule has 0 unspecified atom stereocenters. The molecule has 0 bridgehead atoms. The average molecular weight is 398 g/mol. The maximum Gasteiger partial charge on any atom is 0.251 e. The van der Waals surface area contributed by atoms with Crippen LogP contribution in [0.2, 0.25) is 0 Å². The highest BCUT2D eigenvalue weighted by atomic mass is 16.5. The van der Waals surface area contributed by atoms with Crippen molar-refractivity contribution in [2.24, 2.45) is 0 Å². The lowest BCUT2D eigenvalue weighted by atomic mass is 10.1. The van der Waals surface area contributed by atoms with Crippen LogP contribution >= 0.6 is 0 Å². The minimum Gasteiger partial charge on any atom is -0.497 e. The van der Waals surface area contributed by atoms with Gasteiger partial charge in [0.1, 0.15) is 11.5 Å². The van der Waals surface area contributed by atoms with Crippen molar-refractivity contribution in [3.05, 3.63) is 53.6 Å². The zero-order chi connectivity index (χ0) is 20.8. The van der Waals surface area contributed by atoms with Crippen molar-refractivity contribution in [1.29, 1.82) is 0 Å². The molecule has 156 valence electrons. The zero-order valence-corrected chi connectivity index (χ0v) is 17.8. The van der Waals surface area contributed by atoms with E-state index < -0.39 is 0 Å². The van der Waals surface area contributed by atoms with Gasteiger partial charge in [-0.15, -0.1) is 0 Å². The summed E-state index contributed by atoms with van der Waals surface area (Å²) in [4.78, 5) is 17.4. The Morgan fingerprint density at radius 1 is 1.00 bits per heavy atom. The van der Waals surface area contributed by atoms with Gasteiger partial charge in [0.15, 0.2) is 0 Å². The number of ether oxygens (including phenoxy) is 2. The molecule has 1 amide bonds. The minimum absolute atomic E-state index is 0.106. The van der Waals surface area contributed by atoms with Gasteiger partial charge in [-0.2, -0.15) is 0 Å². The summed E-state index contributed by atoms with van der Waals surface area (Å²) in [6.07, 6.45) is 0. The number of carbonyl (C=O) groups is 1. The summed E-state index contributed by atoms with van der Waals surface area (Å²) in [6, 6.07) is 14.0. The van der Waals surface area contributed by atoms with Crippen LogP contribution in [0, 0.1) is 0 Å². The maximum absolute atomic E-state index is 12.6. The first-order chi connectivity index (χ1) is 14.0. The van der Waals surface area contributed by atoms with Gasteiger partial charge in [0.25, 0.3) is 5.91 Å². The Kier molecular flexibility index (Phi) is 6.99. The first kappa shape index (κ1) is 21.0. The molecule has 6 nitrogen and oxygen atoms in total. The molecule has 6 heteroatoms. The second-order valence-corrected chi connectivity index (χ2v) is 7.52. The van der Waals surface area contributed by atoms with E-state index in [4.69, 9.17) is 9.47 Å². The van der Waals surface area contributed by atoms with Gasteiger partial charge in [-0.25, -0.2) is 0 Å². The van der Waals surface area contributed by atoms with E-state index in [-0.39, 0.29) is 5.91 Å². The molecule has 1 saturated heterocycles. The number of methoxy groups -OCH3 is 2. The van der Waals surface area contributed by atoms with Gasteiger partial charge in [-0.1, -0.05) is 0 Å². The number of nitrogens with one attached hydrogen (secondary N) is 1. The molecule has 3 rings (SSSR count). The number of hydrogen-bond donors (Lipinski definition) is 1. The molecule has 2 aromatic rings. The molecule has 0 radical (unpaired) electrons. The van der Waals surface area contributed by atoms with Gasteiger partial charge in [-0.3, -0.25) is 9.69 Å². The van der Waals surface area contributed by atoms with Crippen LogP contribution in [0.15, 0.2) is 42.5 Å². The normalized spacial score (nSPS) is 14.7. The maximum atomic E-state index is 12.6. The van der Waals surface area contributed by atoms with Crippen LogP contribution in [0.5, 0.6) is 11.5 Å². The van der Waals surface area contributed by atoms with E-state index in [2.05, 4.69) is 29.0 Å². The summed E-state index contributed by atoms with van der Waals surface area (Å²) >= 11 is 0. The topological polar surface area (TPSA) is 54.0 Å². The first-order valence-electron chi connectivity index (χ1n) is 10.1. The van der Waals surface area contributed by atoms with Gasteiger partial charge >= 0.3 is 0 Å². The van der Waals surface area contributed by atoms with E-state index in [1.54, 1.807) is 14.2 Å². The summed E-state index contributed by atoms with van der Waals surface area (Å²) in [6.45, 7) is 9.02. The summed E-state index contributed by atoms with van der Waals surface area (Å²) in [5, 5.41) is 2.96. The number of carbonyl (C=O) groups excluding carboxylic acids is 1. The Labute approximate surface area is 173 Å². The number of amides is 1. The third-order valence-corrected chi connectivity index (χ3v) is 5.47.